The van der Waals surface area contributed by atoms with E-state index in [1.807, 2.05) is 6.92 Å². The number of nitrogen functional groups attached to an aromatic ring is 1. The predicted molar refractivity (Wildman–Crippen MR) is 55.6 cm³/mol. The molecule has 0 fully saturated rings. The van der Waals surface area contributed by atoms with Crippen LogP contribution in [-0.4, -0.2) is 18.3 Å². The number of aliphatic hydroxyl groups excluding tert-OH is 1. The Morgan fingerprint density at radius 2 is 2.29 bits per heavy atom. The molecule has 0 spiro atoms. The fourth-order valence-electron chi connectivity index (χ4n) is 1.04. The summed E-state index contributed by atoms with van der Waals surface area (Å²) in [6, 6.07) is 4.62. The van der Waals surface area contributed by atoms with E-state index in [-0.39, 0.29) is 18.2 Å². The summed E-state index contributed by atoms with van der Waals surface area (Å²) in [4.78, 5) is 0. The molecule has 4 N–H and O–H groups in total. The SMILES string of the molecule is CC(CO)CNc1cccc(F)c1N. The molecule has 1 aromatic carbocycles. The van der Waals surface area contributed by atoms with Crippen LogP contribution in [0.15, 0.2) is 18.2 Å². The van der Waals surface area contributed by atoms with Gasteiger partial charge < -0.3 is 16.2 Å². The molecule has 1 atom stereocenters. The van der Waals surface area contributed by atoms with Crippen molar-refractivity contribution in [2.75, 3.05) is 24.2 Å². The van der Waals surface area contributed by atoms with E-state index >= 15 is 0 Å². The molecule has 0 saturated carbocycles. The standard InChI is InChI=1S/C10H15FN2O/c1-7(6-14)5-13-9-4-2-3-8(11)10(9)12/h2-4,7,13-14H,5-6,12H2,1H3. The van der Waals surface area contributed by atoms with Gasteiger partial charge in [-0.25, -0.2) is 4.39 Å². The maximum atomic E-state index is 13.0. The van der Waals surface area contributed by atoms with Crippen LogP contribution in [0.1, 0.15) is 6.92 Å². The third-order valence-electron chi connectivity index (χ3n) is 2.01. The average molecular weight is 198 g/mol. The van der Waals surface area contributed by atoms with E-state index in [0.29, 0.717) is 12.2 Å². The summed E-state index contributed by atoms with van der Waals surface area (Å²) in [6.07, 6.45) is 0. The number of nitrogens with one attached hydrogen (secondary N) is 1. The average Bonchev–Trinajstić information content (AvgIpc) is 2.20. The molecule has 0 amide bonds. The maximum Gasteiger partial charge on any atom is 0.148 e. The molecule has 0 saturated heterocycles. The molecule has 0 bridgehead atoms. The van der Waals surface area contributed by atoms with Gasteiger partial charge in [-0.3, -0.25) is 0 Å². The van der Waals surface area contributed by atoms with E-state index in [1.54, 1.807) is 12.1 Å². The molecule has 78 valence electrons. The molecule has 0 aliphatic heterocycles. The van der Waals surface area contributed by atoms with Crippen molar-refractivity contribution in [1.29, 1.82) is 0 Å². The molecule has 0 aliphatic carbocycles. The lowest BCUT2D eigenvalue weighted by molar-refractivity contribution is 0.244. The number of nitrogens with two attached hydrogens (primary N) is 1. The van der Waals surface area contributed by atoms with Crippen LogP contribution in [0.4, 0.5) is 15.8 Å². The molecule has 14 heavy (non-hydrogen) atoms. The summed E-state index contributed by atoms with van der Waals surface area (Å²) in [5.41, 5.74) is 6.21. The smallest absolute Gasteiger partial charge is 0.148 e. The van der Waals surface area contributed by atoms with Crippen LogP contribution < -0.4 is 11.1 Å². The molecule has 1 rings (SSSR count). The van der Waals surface area contributed by atoms with Gasteiger partial charge in [0.2, 0.25) is 0 Å². The van der Waals surface area contributed by atoms with E-state index in [1.165, 1.54) is 6.07 Å². The highest BCUT2D eigenvalue weighted by molar-refractivity contribution is 5.66. The van der Waals surface area contributed by atoms with Crippen LogP contribution in [0.25, 0.3) is 0 Å². The van der Waals surface area contributed by atoms with Crippen molar-refractivity contribution < 1.29 is 9.50 Å². The van der Waals surface area contributed by atoms with Crippen molar-refractivity contribution in [3.8, 4) is 0 Å². The fraction of sp³-hybridized carbons (Fsp3) is 0.400. The molecule has 1 unspecified atom stereocenters. The Balaban J connectivity index is 2.63. The second-order valence-corrected chi connectivity index (χ2v) is 3.37. The lowest BCUT2D eigenvalue weighted by Gasteiger charge is -2.12. The maximum absolute atomic E-state index is 13.0. The van der Waals surface area contributed by atoms with Gasteiger partial charge in [-0.05, 0) is 18.1 Å². The van der Waals surface area contributed by atoms with Gasteiger partial charge in [-0.2, -0.15) is 0 Å². The zero-order valence-electron chi connectivity index (χ0n) is 8.13. The fourth-order valence-corrected chi connectivity index (χ4v) is 1.04. The molecule has 3 nitrogen and oxygen atoms in total. The van der Waals surface area contributed by atoms with Crippen molar-refractivity contribution in [2.24, 2.45) is 5.92 Å². The van der Waals surface area contributed by atoms with Gasteiger partial charge in [0.15, 0.2) is 0 Å². The normalized spacial score (nSPS) is 12.5. The lowest BCUT2D eigenvalue weighted by atomic mass is 10.2. The number of benzene rings is 1. The summed E-state index contributed by atoms with van der Waals surface area (Å²) in [7, 11) is 0. The van der Waals surface area contributed by atoms with Gasteiger partial charge in [0, 0.05) is 13.2 Å². The minimum absolute atomic E-state index is 0.0994. The molecular formula is C10H15FN2O. The number of anilines is 2. The van der Waals surface area contributed by atoms with Crippen molar-refractivity contribution in [3.63, 3.8) is 0 Å². The van der Waals surface area contributed by atoms with E-state index in [9.17, 15) is 4.39 Å². The van der Waals surface area contributed by atoms with E-state index in [2.05, 4.69) is 5.32 Å². The predicted octanol–water partition coefficient (Wildman–Crippen LogP) is 1.45. The topological polar surface area (TPSA) is 58.3 Å². The summed E-state index contributed by atoms with van der Waals surface area (Å²) >= 11 is 0. The second kappa shape index (κ2) is 4.81. The Labute approximate surface area is 82.7 Å². The molecule has 1 aromatic rings. The minimum Gasteiger partial charge on any atom is -0.396 e. The highest BCUT2D eigenvalue weighted by Gasteiger charge is 2.05. The van der Waals surface area contributed by atoms with Crippen LogP contribution in [0.5, 0.6) is 0 Å². The van der Waals surface area contributed by atoms with E-state index in [0.717, 1.165) is 0 Å². The monoisotopic (exact) mass is 198 g/mol. The van der Waals surface area contributed by atoms with Gasteiger partial charge >= 0.3 is 0 Å². The van der Waals surface area contributed by atoms with Gasteiger partial charge in [-0.1, -0.05) is 13.0 Å². The Morgan fingerprint density at radius 1 is 1.57 bits per heavy atom. The molecule has 0 aromatic heterocycles. The van der Waals surface area contributed by atoms with Crippen molar-refractivity contribution in [2.45, 2.75) is 6.92 Å². The largest absolute Gasteiger partial charge is 0.396 e. The first-order chi connectivity index (χ1) is 6.65. The molecule has 0 heterocycles. The van der Waals surface area contributed by atoms with Gasteiger partial charge in [0.05, 0.1) is 11.4 Å². The zero-order chi connectivity index (χ0) is 10.6. The summed E-state index contributed by atoms with van der Waals surface area (Å²) < 4.78 is 13.0. The zero-order valence-corrected chi connectivity index (χ0v) is 8.13. The minimum atomic E-state index is -0.424. The summed E-state index contributed by atoms with van der Waals surface area (Å²) in [5, 5.41) is 11.8. The number of hydrogen-bond donors (Lipinski definition) is 3. The third kappa shape index (κ3) is 2.60. The van der Waals surface area contributed by atoms with Crippen molar-refractivity contribution in [3.05, 3.63) is 24.0 Å². The number of halogens is 1. The number of hydrogen-bond acceptors (Lipinski definition) is 3. The quantitative estimate of drug-likeness (QED) is 0.642. The van der Waals surface area contributed by atoms with E-state index in [4.69, 9.17) is 10.8 Å². The van der Waals surface area contributed by atoms with Crippen LogP contribution in [-0.2, 0) is 0 Å². The summed E-state index contributed by atoms with van der Waals surface area (Å²) in [5.74, 6) is -0.302. The van der Waals surface area contributed by atoms with Crippen LogP contribution >= 0.6 is 0 Å². The second-order valence-electron chi connectivity index (χ2n) is 3.37. The van der Waals surface area contributed by atoms with Crippen LogP contribution in [0, 0.1) is 11.7 Å². The van der Waals surface area contributed by atoms with Crippen LogP contribution in [0.2, 0.25) is 0 Å². The molecule has 0 aliphatic rings. The number of para-hydroxylation sites is 1. The van der Waals surface area contributed by atoms with E-state index < -0.39 is 5.82 Å². The van der Waals surface area contributed by atoms with Gasteiger partial charge in [-0.15, -0.1) is 0 Å². The third-order valence-corrected chi connectivity index (χ3v) is 2.01. The lowest BCUT2D eigenvalue weighted by Crippen LogP contribution is -2.15. The van der Waals surface area contributed by atoms with Crippen LogP contribution in [0.3, 0.4) is 0 Å². The van der Waals surface area contributed by atoms with Crippen molar-refractivity contribution >= 4 is 11.4 Å². The molecule has 0 radical (unpaired) electrons. The molecule has 4 heteroatoms. The first-order valence-corrected chi connectivity index (χ1v) is 4.54. The highest BCUT2D eigenvalue weighted by atomic mass is 19.1. The Hall–Kier alpha value is -1.29. The summed E-state index contributed by atoms with van der Waals surface area (Å²) in [6.45, 7) is 2.56. The first-order valence-electron chi connectivity index (χ1n) is 4.54. The molecular weight excluding hydrogens is 183 g/mol. The Bertz CT molecular complexity index is 304. The van der Waals surface area contributed by atoms with Gasteiger partial charge in [0.25, 0.3) is 0 Å². The van der Waals surface area contributed by atoms with Crippen molar-refractivity contribution in [1.82, 2.24) is 0 Å². The van der Waals surface area contributed by atoms with Gasteiger partial charge in [0.1, 0.15) is 5.82 Å². The first kappa shape index (κ1) is 10.8. The highest BCUT2D eigenvalue weighted by Crippen LogP contribution is 2.21. The number of rotatable bonds is 4. The number of aliphatic hydroxyl groups is 1. The Kier molecular flexibility index (Phi) is 3.71. The Morgan fingerprint density at radius 3 is 2.93 bits per heavy atom.